The molecule has 1 N–H and O–H groups in total. The molecule has 5 rings (SSSR count). The molecule has 0 aliphatic carbocycles. The van der Waals surface area contributed by atoms with Gasteiger partial charge in [-0.3, -0.25) is 4.90 Å². The highest BCUT2D eigenvalue weighted by Gasteiger charge is 2.29. The highest BCUT2D eigenvalue weighted by molar-refractivity contribution is 6.07. The number of nitrogens with one attached hydrogen (secondary N) is 1. The summed E-state index contributed by atoms with van der Waals surface area (Å²) in [6, 6.07) is 11.4. The molecule has 30 heavy (non-hydrogen) atoms. The fourth-order valence-corrected chi connectivity index (χ4v) is 4.56. The van der Waals surface area contributed by atoms with Gasteiger partial charge < -0.3 is 15.1 Å². The van der Waals surface area contributed by atoms with Gasteiger partial charge in [0.05, 0.1) is 11.4 Å². The zero-order chi connectivity index (χ0) is 20.3. The van der Waals surface area contributed by atoms with E-state index in [0.29, 0.717) is 6.04 Å². The number of nitrogens with zero attached hydrogens (tertiary/aromatic N) is 6. The van der Waals surface area contributed by atoms with Crippen molar-refractivity contribution >= 4 is 11.4 Å². The van der Waals surface area contributed by atoms with Crippen LogP contribution in [-0.4, -0.2) is 71.5 Å². The van der Waals surface area contributed by atoms with Crippen LogP contribution in [0.4, 0.5) is 5.69 Å². The Labute approximate surface area is 178 Å². The molecule has 156 valence electrons. The summed E-state index contributed by atoms with van der Waals surface area (Å²) in [5, 5.41) is 3.69. The number of aliphatic imine (C=N–C) groups is 1. The summed E-state index contributed by atoms with van der Waals surface area (Å²) >= 11 is 0. The molecule has 0 saturated carbocycles. The van der Waals surface area contributed by atoms with E-state index in [4.69, 9.17) is 4.99 Å². The average molecular weight is 404 g/mol. The number of hydrogen-bond donors (Lipinski definition) is 1. The highest BCUT2D eigenvalue weighted by atomic mass is 15.4. The van der Waals surface area contributed by atoms with E-state index < -0.39 is 0 Å². The molecule has 0 spiro atoms. The Morgan fingerprint density at radius 2 is 1.87 bits per heavy atom. The van der Waals surface area contributed by atoms with Crippen molar-refractivity contribution in [2.45, 2.75) is 25.2 Å². The molecule has 2 unspecified atom stereocenters. The molecule has 0 radical (unpaired) electrons. The van der Waals surface area contributed by atoms with E-state index in [1.807, 2.05) is 12.1 Å². The Morgan fingerprint density at radius 3 is 2.63 bits per heavy atom. The molecular formula is C23H29N7. The van der Waals surface area contributed by atoms with Gasteiger partial charge >= 0.3 is 0 Å². The average Bonchev–Trinajstić information content (AvgIpc) is 3.35. The monoisotopic (exact) mass is 403 g/mol. The van der Waals surface area contributed by atoms with Crippen LogP contribution in [0.2, 0.25) is 0 Å². The molecule has 1 aromatic carbocycles. The molecule has 0 amide bonds. The van der Waals surface area contributed by atoms with Gasteiger partial charge in [-0.25, -0.2) is 15.0 Å². The summed E-state index contributed by atoms with van der Waals surface area (Å²) in [6.07, 6.45) is 10.0. The van der Waals surface area contributed by atoms with E-state index in [0.717, 1.165) is 31.0 Å². The quantitative estimate of drug-likeness (QED) is 0.845. The van der Waals surface area contributed by atoms with Crippen LogP contribution in [0.3, 0.4) is 0 Å². The van der Waals surface area contributed by atoms with Crippen molar-refractivity contribution in [2.75, 3.05) is 44.7 Å². The van der Waals surface area contributed by atoms with Crippen LogP contribution < -0.4 is 10.2 Å². The second kappa shape index (κ2) is 8.53. The molecule has 3 aliphatic rings. The van der Waals surface area contributed by atoms with Crippen molar-refractivity contribution in [1.29, 1.82) is 0 Å². The Hall–Kier alpha value is -2.77. The Morgan fingerprint density at radius 1 is 1.03 bits per heavy atom. The smallest absolute Gasteiger partial charge is 0.178 e. The molecule has 7 nitrogen and oxygen atoms in total. The summed E-state index contributed by atoms with van der Waals surface area (Å²) in [7, 11) is 2.09. The van der Waals surface area contributed by atoms with Gasteiger partial charge in [-0.05, 0) is 42.7 Å². The maximum Gasteiger partial charge on any atom is 0.178 e. The van der Waals surface area contributed by atoms with Crippen molar-refractivity contribution in [1.82, 2.24) is 25.1 Å². The van der Waals surface area contributed by atoms with E-state index >= 15 is 0 Å². The van der Waals surface area contributed by atoms with Gasteiger partial charge in [-0.1, -0.05) is 12.1 Å². The zero-order valence-electron chi connectivity index (χ0n) is 17.5. The van der Waals surface area contributed by atoms with Gasteiger partial charge in [0.1, 0.15) is 6.33 Å². The first kappa shape index (κ1) is 19.2. The summed E-state index contributed by atoms with van der Waals surface area (Å²) in [6.45, 7) is 5.20. The molecule has 0 bridgehead atoms. The lowest BCUT2D eigenvalue weighted by atomic mass is 10.0. The number of piperazine rings is 1. The van der Waals surface area contributed by atoms with Crippen molar-refractivity contribution in [2.24, 2.45) is 4.99 Å². The summed E-state index contributed by atoms with van der Waals surface area (Å²) < 4.78 is 0. The summed E-state index contributed by atoms with van der Waals surface area (Å²) in [5.41, 5.74) is 4.46. The lowest BCUT2D eigenvalue weighted by Crippen LogP contribution is -2.54. The van der Waals surface area contributed by atoms with Crippen molar-refractivity contribution in [3.8, 4) is 0 Å². The lowest BCUT2D eigenvalue weighted by Gasteiger charge is -2.41. The van der Waals surface area contributed by atoms with E-state index in [2.05, 4.69) is 67.5 Å². The Balaban J connectivity index is 1.31. The second-order valence-electron chi connectivity index (χ2n) is 8.22. The molecule has 2 fully saturated rings. The molecule has 2 atom stereocenters. The number of benzene rings is 1. The molecule has 7 heteroatoms. The van der Waals surface area contributed by atoms with Gasteiger partial charge in [-0.15, -0.1) is 0 Å². The molecule has 3 aliphatic heterocycles. The van der Waals surface area contributed by atoms with E-state index in [-0.39, 0.29) is 6.29 Å². The molecular weight excluding hydrogens is 374 g/mol. The number of allylic oxidation sites excluding steroid dienone is 1. The normalized spacial score (nSPS) is 24.9. The number of hydrogen-bond acceptors (Lipinski definition) is 7. The number of anilines is 1. The third-order valence-electron chi connectivity index (χ3n) is 6.23. The number of rotatable bonds is 4. The molecule has 2 saturated heterocycles. The second-order valence-corrected chi connectivity index (χ2v) is 8.22. The van der Waals surface area contributed by atoms with Crippen molar-refractivity contribution in [3.05, 3.63) is 66.4 Å². The van der Waals surface area contributed by atoms with Crippen LogP contribution in [0.15, 0.2) is 60.1 Å². The first-order valence-electron chi connectivity index (χ1n) is 10.8. The van der Waals surface area contributed by atoms with Gasteiger partial charge in [0, 0.05) is 63.9 Å². The third kappa shape index (κ3) is 3.95. The minimum atomic E-state index is -0.0200. The fraction of sp³-hybridized carbons (Fsp3) is 0.435. The lowest BCUT2D eigenvalue weighted by molar-refractivity contribution is 0.0684. The molecule has 2 aromatic rings. The van der Waals surface area contributed by atoms with E-state index in [9.17, 15) is 0 Å². The van der Waals surface area contributed by atoms with E-state index in [1.54, 1.807) is 12.5 Å². The standard InChI is InChI=1S/C23H29N7/c1-28-14-9-21(20-8-10-24-17-26-20)27-23(28)30-15-11-25-22(16-30)18-4-6-19(7-5-18)29-12-2-3-13-29/h4-10,14,17,22-23,25H,2-3,11-13,15-16H2,1H3. The highest BCUT2D eigenvalue weighted by Crippen LogP contribution is 2.26. The Kier molecular flexibility index (Phi) is 5.46. The minimum Gasteiger partial charge on any atom is -0.372 e. The summed E-state index contributed by atoms with van der Waals surface area (Å²) in [4.78, 5) is 20.5. The van der Waals surface area contributed by atoms with Gasteiger partial charge in [0.15, 0.2) is 6.29 Å². The van der Waals surface area contributed by atoms with E-state index in [1.165, 1.54) is 37.2 Å². The molecule has 1 aromatic heterocycles. The van der Waals surface area contributed by atoms with Gasteiger partial charge in [-0.2, -0.15) is 0 Å². The third-order valence-corrected chi connectivity index (χ3v) is 6.23. The van der Waals surface area contributed by atoms with Crippen LogP contribution >= 0.6 is 0 Å². The van der Waals surface area contributed by atoms with Gasteiger partial charge in [0.25, 0.3) is 0 Å². The summed E-state index contributed by atoms with van der Waals surface area (Å²) in [5.74, 6) is 0. The number of aromatic nitrogens is 2. The van der Waals surface area contributed by atoms with Crippen LogP contribution in [-0.2, 0) is 0 Å². The van der Waals surface area contributed by atoms with Crippen LogP contribution in [0.1, 0.15) is 30.1 Å². The first-order chi connectivity index (χ1) is 14.8. The zero-order valence-corrected chi connectivity index (χ0v) is 17.5. The van der Waals surface area contributed by atoms with Crippen molar-refractivity contribution in [3.63, 3.8) is 0 Å². The fourth-order valence-electron chi connectivity index (χ4n) is 4.56. The maximum absolute atomic E-state index is 5.01. The SMILES string of the molecule is CN1C=CC(c2ccncn2)=NC1N1CCNC(c2ccc(N3CCCC3)cc2)C1. The topological polar surface area (TPSA) is 59.9 Å². The van der Waals surface area contributed by atoms with Gasteiger partial charge in [0.2, 0.25) is 0 Å². The predicted octanol–water partition coefficient (Wildman–Crippen LogP) is 2.26. The van der Waals surface area contributed by atoms with Crippen molar-refractivity contribution < 1.29 is 0 Å². The predicted molar refractivity (Wildman–Crippen MR) is 119 cm³/mol. The first-order valence-corrected chi connectivity index (χ1v) is 10.8. The minimum absolute atomic E-state index is 0.0200. The molecule has 4 heterocycles. The Bertz CT molecular complexity index is 903. The largest absolute Gasteiger partial charge is 0.372 e. The van der Waals surface area contributed by atoms with Crippen LogP contribution in [0.25, 0.3) is 0 Å². The van der Waals surface area contributed by atoms with Crippen LogP contribution in [0, 0.1) is 0 Å². The van der Waals surface area contributed by atoms with Crippen LogP contribution in [0.5, 0.6) is 0 Å². The maximum atomic E-state index is 5.01.